The number of carbonyl (C=O) groups is 1. The van der Waals surface area contributed by atoms with E-state index in [4.69, 9.17) is 10.5 Å². The minimum Gasteiger partial charge on any atom is -0.506 e. The Hall–Kier alpha value is -3.50. The van der Waals surface area contributed by atoms with Crippen molar-refractivity contribution in [1.82, 2.24) is 13.6 Å². The fraction of sp³-hybridized carbons (Fsp3) is 0.190. The molecule has 2 heterocycles. The molecule has 3 aromatic rings. The smallest absolute Gasteiger partial charge is 0.303 e. The second-order valence-electron chi connectivity index (χ2n) is 7.33. The predicted octanol–water partition coefficient (Wildman–Crippen LogP) is 1.92. The molecule has 4 rings (SSSR count). The number of carbonyl (C=O) groups excluding carboxylic acids is 1. The molecule has 0 saturated heterocycles. The summed E-state index contributed by atoms with van der Waals surface area (Å²) in [4.78, 5) is 14.2. The van der Waals surface area contributed by atoms with Gasteiger partial charge in [0.05, 0.1) is 11.6 Å². The number of nitrogens with two attached hydrogens (primary N) is 1. The third-order valence-electron chi connectivity index (χ3n) is 5.14. The summed E-state index contributed by atoms with van der Waals surface area (Å²) in [5.41, 5.74) is 7.82. The monoisotopic (exact) mass is 442 g/mol. The van der Waals surface area contributed by atoms with Gasteiger partial charge in [-0.15, -0.1) is 0 Å². The minimum absolute atomic E-state index is 0.0656. The van der Waals surface area contributed by atoms with Gasteiger partial charge < -0.3 is 20.6 Å². The third kappa shape index (κ3) is 3.60. The maximum Gasteiger partial charge on any atom is 0.303 e. The van der Waals surface area contributed by atoms with Crippen LogP contribution < -0.4 is 10.5 Å². The number of aromatic nitrogens is 1. The molecule has 4 N–H and O–H groups in total. The lowest BCUT2D eigenvalue weighted by molar-refractivity contribution is -0.119. The molecule has 0 aliphatic carbocycles. The standard InChI is InChI=1S/C21H22N4O5S/c1-24(2)31(28,29)25-9-8-13-6-7-14(30-12-19(22)27)10-16(13)21(25)17-11-23-20-15(17)4-3-5-18(20)26/h3-11,21,23,26H,12H2,1-2H3,(H2,22,27). The van der Waals surface area contributed by atoms with E-state index in [1.54, 1.807) is 42.6 Å². The molecular formula is C21H22N4O5S. The van der Waals surface area contributed by atoms with Gasteiger partial charge in [-0.05, 0) is 35.4 Å². The summed E-state index contributed by atoms with van der Waals surface area (Å²) in [6.45, 7) is -0.292. The number of hydrogen-bond acceptors (Lipinski definition) is 5. The van der Waals surface area contributed by atoms with Crippen LogP contribution in [0.5, 0.6) is 11.5 Å². The number of hydrogen-bond donors (Lipinski definition) is 3. The zero-order valence-corrected chi connectivity index (χ0v) is 17.8. The van der Waals surface area contributed by atoms with Crippen LogP contribution in [0.25, 0.3) is 17.0 Å². The lowest BCUT2D eigenvalue weighted by Gasteiger charge is -2.35. The highest BCUT2D eigenvalue weighted by molar-refractivity contribution is 7.86. The molecule has 1 atom stereocenters. The number of amides is 1. The van der Waals surface area contributed by atoms with E-state index in [1.807, 2.05) is 6.07 Å². The molecule has 1 aliphatic heterocycles. The molecule has 0 spiro atoms. The lowest BCUT2D eigenvalue weighted by atomic mass is 9.92. The molecule has 9 nitrogen and oxygen atoms in total. The first kappa shape index (κ1) is 20.8. The van der Waals surface area contributed by atoms with E-state index >= 15 is 0 Å². The van der Waals surface area contributed by atoms with Crippen LogP contribution in [0.2, 0.25) is 0 Å². The average molecular weight is 442 g/mol. The Morgan fingerprint density at radius 1 is 1.26 bits per heavy atom. The number of para-hydroxylation sites is 1. The molecule has 31 heavy (non-hydrogen) atoms. The van der Waals surface area contributed by atoms with Gasteiger partial charge in [0, 0.05) is 37.4 Å². The van der Waals surface area contributed by atoms with Crippen LogP contribution in [0.1, 0.15) is 22.7 Å². The molecule has 1 aromatic heterocycles. The SMILES string of the molecule is CN(C)S(=O)(=O)N1C=Cc2ccc(OCC(N)=O)cc2C1c1c[nH]c2c(O)cccc12. The van der Waals surface area contributed by atoms with Crippen LogP contribution in [-0.2, 0) is 15.0 Å². The highest BCUT2D eigenvalue weighted by Crippen LogP contribution is 2.42. The zero-order valence-electron chi connectivity index (χ0n) is 16.9. The van der Waals surface area contributed by atoms with E-state index in [9.17, 15) is 18.3 Å². The minimum atomic E-state index is -3.85. The number of ether oxygens (including phenoxy) is 1. The molecule has 2 aromatic carbocycles. The normalized spacial score (nSPS) is 16.0. The van der Waals surface area contributed by atoms with Gasteiger partial charge in [0.2, 0.25) is 0 Å². The highest BCUT2D eigenvalue weighted by Gasteiger charge is 2.36. The van der Waals surface area contributed by atoms with Crippen molar-refractivity contribution in [3.63, 3.8) is 0 Å². The van der Waals surface area contributed by atoms with Crippen LogP contribution in [0.15, 0.2) is 48.8 Å². The lowest BCUT2D eigenvalue weighted by Crippen LogP contribution is -2.40. The number of nitrogens with zero attached hydrogens (tertiary/aromatic N) is 2. The maximum absolute atomic E-state index is 13.2. The largest absolute Gasteiger partial charge is 0.506 e. The first-order chi connectivity index (χ1) is 14.7. The fourth-order valence-corrected chi connectivity index (χ4v) is 4.74. The number of primary amides is 1. The van der Waals surface area contributed by atoms with Gasteiger partial charge in [0.1, 0.15) is 11.5 Å². The van der Waals surface area contributed by atoms with Crippen molar-refractivity contribution in [2.75, 3.05) is 20.7 Å². The van der Waals surface area contributed by atoms with Crippen molar-refractivity contribution >= 4 is 33.1 Å². The van der Waals surface area contributed by atoms with Crippen molar-refractivity contribution < 1.29 is 23.1 Å². The summed E-state index contributed by atoms with van der Waals surface area (Å²) >= 11 is 0. The first-order valence-electron chi connectivity index (χ1n) is 9.43. The molecule has 1 unspecified atom stereocenters. The Balaban J connectivity index is 1.93. The Kier molecular flexibility index (Phi) is 5.11. The van der Waals surface area contributed by atoms with Crippen molar-refractivity contribution in [2.24, 2.45) is 5.73 Å². The quantitative estimate of drug-likeness (QED) is 0.537. The van der Waals surface area contributed by atoms with Crippen LogP contribution in [-0.4, -0.2) is 53.7 Å². The van der Waals surface area contributed by atoms with E-state index in [0.29, 0.717) is 27.8 Å². The van der Waals surface area contributed by atoms with E-state index < -0.39 is 22.2 Å². The summed E-state index contributed by atoms with van der Waals surface area (Å²) in [6.07, 6.45) is 4.91. The van der Waals surface area contributed by atoms with Crippen LogP contribution in [0.4, 0.5) is 0 Å². The van der Waals surface area contributed by atoms with Gasteiger partial charge in [-0.2, -0.15) is 12.7 Å². The molecule has 0 saturated carbocycles. The second kappa shape index (κ2) is 7.64. The molecule has 0 fully saturated rings. The number of aromatic amines is 1. The Labute approximate surface area is 179 Å². The summed E-state index contributed by atoms with van der Waals surface area (Å²) < 4.78 is 34.2. The van der Waals surface area contributed by atoms with Gasteiger partial charge in [-0.25, -0.2) is 0 Å². The number of rotatable bonds is 6. The van der Waals surface area contributed by atoms with E-state index in [0.717, 1.165) is 9.87 Å². The molecule has 1 amide bonds. The highest BCUT2D eigenvalue weighted by atomic mass is 32.2. The number of fused-ring (bicyclic) bond motifs is 2. The number of nitrogens with one attached hydrogen (secondary N) is 1. The summed E-state index contributed by atoms with van der Waals surface area (Å²) in [7, 11) is -0.924. The molecule has 162 valence electrons. The summed E-state index contributed by atoms with van der Waals surface area (Å²) in [5.74, 6) is -0.156. The van der Waals surface area contributed by atoms with Gasteiger partial charge >= 0.3 is 10.2 Å². The maximum atomic E-state index is 13.2. The van der Waals surface area contributed by atoms with Gasteiger partial charge in [-0.1, -0.05) is 18.2 Å². The molecule has 0 bridgehead atoms. The Morgan fingerprint density at radius 3 is 2.74 bits per heavy atom. The topological polar surface area (TPSA) is 129 Å². The predicted molar refractivity (Wildman–Crippen MR) is 116 cm³/mol. The average Bonchev–Trinajstić information content (AvgIpc) is 3.16. The van der Waals surface area contributed by atoms with Gasteiger partial charge in [0.15, 0.2) is 6.61 Å². The van der Waals surface area contributed by atoms with Crippen molar-refractivity contribution in [1.29, 1.82) is 0 Å². The van der Waals surface area contributed by atoms with E-state index in [1.165, 1.54) is 24.6 Å². The number of H-pyrrole nitrogens is 1. The van der Waals surface area contributed by atoms with E-state index in [2.05, 4.69) is 4.98 Å². The molecule has 1 aliphatic rings. The Morgan fingerprint density at radius 2 is 2.03 bits per heavy atom. The second-order valence-corrected chi connectivity index (χ2v) is 9.38. The van der Waals surface area contributed by atoms with Gasteiger partial charge in [0.25, 0.3) is 5.91 Å². The summed E-state index contributed by atoms with van der Waals surface area (Å²) in [6, 6.07) is 9.52. The number of benzene rings is 2. The van der Waals surface area contributed by atoms with Crippen LogP contribution >= 0.6 is 0 Å². The summed E-state index contributed by atoms with van der Waals surface area (Å²) in [5, 5.41) is 10.9. The zero-order chi connectivity index (χ0) is 22.3. The number of aromatic hydroxyl groups is 1. The number of phenols is 1. The van der Waals surface area contributed by atoms with Gasteiger partial charge in [-0.3, -0.25) is 9.10 Å². The molecule has 0 radical (unpaired) electrons. The molecule has 10 heteroatoms. The first-order valence-corrected chi connectivity index (χ1v) is 10.8. The molecular weight excluding hydrogens is 420 g/mol. The van der Waals surface area contributed by atoms with E-state index in [-0.39, 0.29) is 12.4 Å². The van der Waals surface area contributed by atoms with Crippen molar-refractivity contribution in [3.8, 4) is 11.5 Å². The van der Waals surface area contributed by atoms with Crippen LogP contribution in [0, 0.1) is 0 Å². The Bertz CT molecular complexity index is 1300. The number of phenolic OH excluding ortho intramolecular Hbond substituents is 1. The van der Waals surface area contributed by atoms with Crippen molar-refractivity contribution in [2.45, 2.75) is 6.04 Å². The third-order valence-corrected chi connectivity index (χ3v) is 6.93. The van der Waals surface area contributed by atoms with Crippen LogP contribution in [0.3, 0.4) is 0 Å². The fourth-order valence-electron chi connectivity index (χ4n) is 3.65. The van der Waals surface area contributed by atoms with Crippen molar-refractivity contribution in [3.05, 3.63) is 65.5 Å².